The Morgan fingerprint density at radius 3 is 2.67 bits per heavy atom. The van der Waals surface area contributed by atoms with Gasteiger partial charge in [0.15, 0.2) is 0 Å². The van der Waals surface area contributed by atoms with Gasteiger partial charge in [0.25, 0.3) is 5.91 Å². The number of hydrogen-bond donors (Lipinski definition) is 1. The number of pyridine rings is 1. The highest BCUT2D eigenvalue weighted by Gasteiger charge is 2.29. The summed E-state index contributed by atoms with van der Waals surface area (Å²) in [5.74, 6) is 0.200. The van der Waals surface area contributed by atoms with E-state index in [4.69, 9.17) is 4.74 Å². The third-order valence-electron chi connectivity index (χ3n) is 4.75. The topological polar surface area (TPSA) is 71.5 Å². The lowest BCUT2D eigenvalue weighted by atomic mass is 9.96. The molecule has 1 N–H and O–H groups in total. The zero-order valence-electron chi connectivity index (χ0n) is 15.8. The number of amides is 2. The van der Waals surface area contributed by atoms with Crippen molar-refractivity contribution in [2.45, 2.75) is 26.4 Å². The Kier molecular flexibility index (Phi) is 6.19. The molecule has 2 aromatic rings. The molecule has 0 aliphatic carbocycles. The second-order valence-electron chi connectivity index (χ2n) is 6.93. The summed E-state index contributed by atoms with van der Waals surface area (Å²) in [6.07, 6.45) is 3.31. The molecule has 1 fully saturated rings. The van der Waals surface area contributed by atoms with Crippen LogP contribution in [0.1, 0.15) is 34.3 Å². The first-order valence-corrected chi connectivity index (χ1v) is 9.17. The Morgan fingerprint density at radius 2 is 2.00 bits per heavy atom. The molecule has 0 radical (unpaired) electrons. The number of methoxy groups -OCH3 is 1. The van der Waals surface area contributed by atoms with Gasteiger partial charge >= 0.3 is 0 Å². The van der Waals surface area contributed by atoms with E-state index >= 15 is 0 Å². The monoisotopic (exact) mass is 367 g/mol. The van der Waals surface area contributed by atoms with Crippen LogP contribution < -0.4 is 5.32 Å². The van der Waals surface area contributed by atoms with Gasteiger partial charge in [-0.15, -0.1) is 0 Å². The van der Waals surface area contributed by atoms with Gasteiger partial charge in [-0.05, 0) is 49.1 Å². The molecule has 2 heterocycles. The first kappa shape index (κ1) is 19.0. The van der Waals surface area contributed by atoms with E-state index < -0.39 is 0 Å². The van der Waals surface area contributed by atoms with Crippen LogP contribution >= 0.6 is 0 Å². The highest BCUT2D eigenvalue weighted by Crippen LogP contribution is 2.20. The highest BCUT2D eigenvalue weighted by atomic mass is 16.5. The smallest absolute Gasteiger partial charge is 0.253 e. The standard InChI is InChI=1S/C21H25N3O3/c1-15-5-10-19(22-12-15)23-20(25)18-4-3-11-24(13-18)21(26)17-8-6-16(7-9-17)14-27-2/h5-10,12,18H,3-4,11,13-14H2,1-2H3,(H,22,23,25)/t18-/m0/s1. The van der Waals surface area contributed by atoms with Crippen LogP contribution in [0.5, 0.6) is 0 Å². The normalized spacial score (nSPS) is 16.8. The quantitative estimate of drug-likeness (QED) is 0.882. The second kappa shape index (κ2) is 8.77. The van der Waals surface area contributed by atoms with E-state index in [2.05, 4.69) is 10.3 Å². The summed E-state index contributed by atoms with van der Waals surface area (Å²) >= 11 is 0. The number of ether oxygens (including phenoxy) is 1. The molecule has 6 nitrogen and oxygen atoms in total. The zero-order valence-corrected chi connectivity index (χ0v) is 15.8. The molecule has 1 aromatic carbocycles. The summed E-state index contributed by atoms with van der Waals surface area (Å²) in [6, 6.07) is 11.1. The van der Waals surface area contributed by atoms with E-state index in [1.54, 1.807) is 24.3 Å². The van der Waals surface area contributed by atoms with Crippen molar-refractivity contribution in [3.05, 3.63) is 59.3 Å². The fourth-order valence-corrected chi connectivity index (χ4v) is 3.24. The van der Waals surface area contributed by atoms with Crippen molar-refractivity contribution in [1.29, 1.82) is 0 Å². The van der Waals surface area contributed by atoms with Crippen molar-refractivity contribution in [2.75, 3.05) is 25.5 Å². The maximum atomic E-state index is 12.8. The average molecular weight is 367 g/mol. The molecule has 1 aromatic heterocycles. The minimum atomic E-state index is -0.224. The van der Waals surface area contributed by atoms with Crippen molar-refractivity contribution in [1.82, 2.24) is 9.88 Å². The molecule has 6 heteroatoms. The number of anilines is 1. The summed E-state index contributed by atoms with van der Waals surface area (Å²) in [6.45, 7) is 3.57. The first-order chi connectivity index (χ1) is 13.1. The van der Waals surface area contributed by atoms with Gasteiger partial charge in [0.2, 0.25) is 5.91 Å². The number of benzene rings is 1. The van der Waals surface area contributed by atoms with Crippen molar-refractivity contribution in [3.63, 3.8) is 0 Å². The number of piperidine rings is 1. The number of nitrogens with zero attached hydrogens (tertiary/aromatic N) is 2. The van der Waals surface area contributed by atoms with Crippen LogP contribution in [0.2, 0.25) is 0 Å². The van der Waals surface area contributed by atoms with Crippen molar-refractivity contribution in [3.8, 4) is 0 Å². The number of carbonyl (C=O) groups excluding carboxylic acids is 2. The Morgan fingerprint density at radius 1 is 1.22 bits per heavy atom. The Bertz CT molecular complexity index is 787. The molecular weight excluding hydrogens is 342 g/mol. The maximum Gasteiger partial charge on any atom is 0.253 e. The number of carbonyl (C=O) groups is 2. The number of aryl methyl sites for hydroxylation is 1. The summed E-state index contributed by atoms with van der Waals surface area (Å²) in [5.41, 5.74) is 2.70. The van der Waals surface area contributed by atoms with Crippen molar-refractivity contribution < 1.29 is 14.3 Å². The van der Waals surface area contributed by atoms with Gasteiger partial charge in [-0.1, -0.05) is 18.2 Å². The fraction of sp³-hybridized carbons (Fsp3) is 0.381. The lowest BCUT2D eigenvalue weighted by Gasteiger charge is -2.32. The van der Waals surface area contributed by atoms with Crippen molar-refractivity contribution in [2.24, 2.45) is 5.92 Å². The summed E-state index contributed by atoms with van der Waals surface area (Å²) in [4.78, 5) is 31.3. The van der Waals surface area contributed by atoms with E-state index in [-0.39, 0.29) is 17.7 Å². The molecule has 142 valence electrons. The number of likely N-dealkylation sites (tertiary alicyclic amines) is 1. The van der Waals surface area contributed by atoms with Crippen molar-refractivity contribution >= 4 is 17.6 Å². The van der Waals surface area contributed by atoms with E-state index in [0.717, 1.165) is 24.0 Å². The third-order valence-corrected chi connectivity index (χ3v) is 4.75. The zero-order chi connectivity index (χ0) is 19.2. The molecule has 0 saturated carbocycles. The summed E-state index contributed by atoms with van der Waals surface area (Å²) in [7, 11) is 1.64. The predicted octanol–water partition coefficient (Wildman–Crippen LogP) is 3.03. The van der Waals surface area contributed by atoms with Gasteiger partial charge in [-0.3, -0.25) is 9.59 Å². The number of rotatable bonds is 5. The summed E-state index contributed by atoms with van der Waals surface area (Å²) in [5, 5.41) is 2.86. The van der Waals surface area contributed by atoms with E-state index in [1.807, 2.05) is 37.3 Å². The molecular formula is C21H25N3O3. The van der Waals surface area contributed by atoms with Gasteiger partial charge in [-0.2, -0.15) is 0 Å². The molecule has 2 amide bonds. The highest BCUT2D eigenvalue weighted by molar-refractivity contribution is 5.96. The van der Waals surface area contributed by atoms with E-state index in [0.29, 0.717) is 31.1 Å². The van der Waals surface area contributed by atoms with Crippen LogP contribution in [-0.2, 0) is 16.1 Å². The molecule has 0 unspecified atom stereocenters. The van der Waals surface area contributed by atoms with Crippen LogP contribution in [0.15, 0.2) is 42.6 Å². The Balaban J connectivity index is 1.61. The van der Waals surface area contributed by atoms with Crippen LogP contribution in [0.25, 0.3) is 0 Å². The molecule has 1 aliphatic heterocycles. The first-order valence-electron chi connectivity index (χ1n) is 9.17. The van der Waals surface area contributed by atoms with Crippen LogP contribution in [0, 0.1) is 12.8 Å². The fourth-order valence-electron chi connectivity index (χ4n) is 3.24. The van der Waals surface area contributed by atoms with Crippen LogP contribution in [0.4, 0.5) is 5.82 Å². The Hall–Kier alpha value is -2.73. The third kappa shape index (κ3) is 4.92. The summed E-state index contributed by atoms with van der Waals surface area (Å²) < 4.78 is 5.10. The molecule has 0 bridgehead atoms. The molecule has 1 saturated heterocycles. The molecule has 27 heavy (non-hydrogen) atoms. The largest absolute Gasteiger partial charge is 0.380 e. The van der Waals surface area contributed by atoms with Gasteiger partial charge < -0.3 is 15.0 Å². The van der Waals surface area contributed by atoms with Gasteiger partial charge in [-0.25, -0.2) is 4.98 Å². The lowest BCUT2D eigenvalue weighted by molar-refractivity contribution is -0.121. The molecule has 3 rings (SSSR count). The molecule has 0 spiro atoms. The minimum Gasteiger partial charge on any atom is -0.380 e. The van der Waals surface area contributed by atoms with Crippen LogP contribution in [0.3, 0.4) is 0 Å². The number of hydrogen-bond acceptors (Lipinski definition) is 4. The van der Waals surface area contributed by atoms with Gasteiger partial charge in [0, 0.05) is 32.0 Å². The molecule has 1 aliphatic rings. The van der Waals surface area contributed by atoms with E-state index in [9.17, 15) is 9.59 Å². The van der Waals surface area contributed by atoms with Gasteiger partial charge in [0.05, 0.1) is 12.5 Å². The maximum absolute atomic E-state index is 12.8. The molecule has 1 atom stereocenters. The van der Waals surface area contributed by atoms with Gasteiger partial charge in [0.1, 0.15) is 5.82 Å². The van der Waals surface area contributed by atoms with E-state index in [1.165, 1.54) is 0 Å². The average Bonchev–Trinajstić information content (AvgIpc) is 2.70. The number of nitrogens with one attached hydrogen (secondary N) is 1. The second-order valence-corrected chi connectivity index (χ2v) is 6.93. The predicted molar refractivity (Wildman–Crippen MR) is 103 cm³/mol. The van der Waals surface area contributed by atoms with Crippen LogP contribution in [-0.4, -0.2) is 41.9 Å². The minimum absolute atomic E-state index is 0.0371. The SMILES string of the molecule is COCc1ccc(C(=O)N2CCC[C@H](C(=O)Nc3ccc(C)cn3)C2)cc1. The Labute approximate surface area is 159 Å². The number of aromatic nitrogens is 1. The lowest BCUT2D eigenvalue weighted by Crippen LogP contribution is -2.43.